The summed E-state index contributed by atoms with van der Waals surface area (Å²) in [6, 6.07) is 18.5. The van der Waals surface area contributed by atoms with Crippen LogP contribution in [0.3, 0.4) is 0 Å². The minimum atomic E-state index is -0.596. The molecule has 1 aromatic heterocycles. The van der Waals surface area contributed by atoms with Crippen LogP contribution in [0.4, 0.5) is 4.39 Å². The maximum atomic E-state index is 13.0. The summed E-state index contributed by atoms with van der Waals surface area (Å²) in [7, 11) is 0. The number of rotatable bonds is 7. The number of likely N-dealkylation sites (tertiary alicyclic amines) is 1. The SMILES string of the molecule is O=C(NC1CN(Cc2ccccn2)CCCC1O)c1ccc(OCc2ccc(F)cc2)cc1. The molecule has 0 spiro atoms. The fraction of sp³-hybridized carbons (Fsp3) is 0.308. The number of ether oxygens (including phenoxy) is 1. The average molecular weight is 450 g/mol. The van der Waals surface area contributed by atoms with E-state index in [-0.39, 0.29) is 17.8 Å². The topological polar surface area (TPSA) is 74.7 Å². The molecule has 2 unspecified atom stereocenters. The van der Waals surface area contributed by atoms with E-state index in [1.807, 2.05) is 18.2 Å². The Balaban J connectivity index is 1.33. The molecule has 0 radical (unpaired) electrons. The van der Waals surface area contributed by atoms with Crippen molar-refractivity contribution in [3.05, 3.63) is 95.6 Å². The fourth-order valence-corrected chi connectivity index (χ4v) is 3.92. The third-order valence-corrected chi connectivity index (χ3v) is 5.76. The number of carbonyl (C=O) groups excluding carboxylic acids is 1. The van der Waals surface area contributed by atoms with Gasteiger partial charge in [-0.15, -0.1) is 0 Å². The van der Waals surface area contributed by atoms with Crippen LogP contribution in [0.2, 0.25) is 0 Å². The zero-order valence-corrected chi connectivity index (χ0v) is 18.4. The van der Waals surface area contributed by atoms with E-state index in [0.717, 1.165) is 24.2 Å². The number of nitrogens with one attached hydrogen (secondary N) is 1. The van der Waals surface area contributed by atoms with E-state index in [4.69, 9.17) is 4.74 Å². The van der Waals surface area contributed by atoms with Gasteiger partial charge in [-0.25, -0.2) is 4.39 Å². The Morgan fingerprint density at radius 3 is 2.64 bits per heavy atom. The summed E-state index contributed by atoms with van der Waals surface area (Å²) in [6.07, 6.45) is 2.68. The molecule has 3 aromatic rings. The second-order valence-corrected chi connectivity index (χ2v) is 8.29. The van der Waals surface area contributed by atoms with E-state index in [1.54, 1.807) is 42.6 Å². The van der Waals surface area contributed by atoms with Gasteiger partial charge in [-0.3, -0.25) is 14.7 Å². The molecule has 2 N–H and O–H groups in total. The number of hydrogen-bond donors (Lipinski definition) is 2. The smallest absolute Gasteiger partial charge is 0.251 e. The first kappa shape index (κ1) is 22.9. The van der Waals surface area contributed by atoms with Crippen molar-refractivity contribution in [2.24, 2.45) is 0 Å². The summed E-state index contributed by atoms with van der Waals surface area (Å²) >= 11 is 0. The number of nitrogens with zero attached hydrogens (tertiary/aromatic N) is 2. The third kappa shape index (κ3) is 6.60. The Hall–Kier alpha value is -3.29. The number of aliphatic hydroxyl groups is 1. The summed E-state index contributed by atoms with van der Waals surface area (Å²) in [5.74, 6) is 0.100. The highest BCUT2D eigenvalue weighted by molar-refractivity contribution is 5.94. The number of aliphatic hydroxyl groups excluding tert-OH is 1. The van der Waals surface area contributed by atoms with E-state index in [9.17, 15) is 14.3 Å². The molecule has 172 valence electrons. The number of carbonyl (C=O) groups is 1. The van der Waals surface area contributed by atoms with Gasteiger partial charge in [-0.2, -0.15) is 0 Å². The fourth-order valence-electron chi connectivity index (χ4n) is 3.92. The van der Waals surface area contributed by atoms with Gasteiger partial charge in [-0.1, -0.05) is 18.2 Å². The zero-order chi connectivity index (χ0) is 23.0. The Kier molecular flexibility index (Phi) is 7.65. The predicted molar refractivity (Wildman–Crippen MR) is 123 cm³/mol. The zero-order valence-electron chi connectivity index (χ0n) is 18.4. The summed E-state index contributed by atoms with van der Waals surface area (Å²) < 4.78 is 18.7. The van der Waals surface area contributed by atoms with Crippen LogP contribution in [-0.2, 0) is 13.2 Å². The van der Waals surface area contributed by atoms with Crippen LogP contribution < -0.4 is 10.1 Å². The molecule has 7 heteroatoms. The van der Waals surface area contributed by atoms with E-state index in [2.05, 4.69) is 15.2 Å². The van der Waals surface area contributed by atoms with Gasteiger partial charge in [0, 0.05) is 24.8 Å². The molecule has 2 heterocycles. The van der Waals surface area contributed by atoms with Crippen LogP contribution in [-0.4, -0.2) is 46.1 Å². The van der Waals surface area contributed by atoms with Crippen molar-refractivity contribution < 1.29 is 19.0 Å². The number of benzene rings is 2. The first-order valence-electron chi connectivity index (χ1n) is 11.2. The average Bonchev–Trinajstić information content (AvgIpc) is 3.00. The van der Waals surface area contributed by atoms with Crippen LogP contribution in [0.5, 0.6) is 5.75 Å². The van der Waals surface area contributed by atoms with Crippen LogP contribution in [0.25, 0.3) is 0 Å². The molecule has 1 aliphatic rings. The molecular weight excluding hydrogens is 421 g/mol. The van der Waals surface area contributed by atoms with E-state index < -0.39 is 6.10 Å². The maximum Gasteiger partial charge on any atom is 0.251 e. The second-order valence-electron chi connectivity index (χ2n) is 8.29. The van der Waals surface area contributed by atoms with Crippen LogP contribution in [0, 0.1) is 5.82 Å². The largest absolute Gasteiger partial charge is 0.489 e. The van der Waals surface area contributed by atoms with Crippen LogP contribution >= 0.6 is 0 Å². The van der Waals surface area contributed by atoms with Gasteiger partial charge in [0.1, 0.15) is 18.2 Å². The van der Waals surface area contributed by atoms with Crippen LogP contribution in [0.15, 0.2) is 72.9 Å². The van der Waals surface area contributed by atoms with Crippen LogP contribution in [0.1, 0.15) is 34.5 Å². The number of halogens is 1. The highest BCUT2D eigenvalue weighted by atomic mass is 19.1. The first-order valence-corrected chi connectivity index (χ1v) is 11.2. The van der Waals surface area contributed by atoms with Crippen molar-refractivity contribution in [2.45, 2.75) is 38.1 Å². The molecule has 2 aromatic carbocycles. The lowest BCUT2D eigenvalue weighted by Gasteiger charge is -2.27. The standard InChI is InChI=1S/C26H28FN3O3/c27-21-10-6-19(7-11-21)18-33-23-12-8-20(9-13-23)26(32)29-24-17-30(15-3-5-25(24)31)16-22-4-1-2-14-28-22/h1-2,4,6-14,24-25,31H,3,5,15-18H2,(H,29,32). The highest BCUT2D eigenvalue weighted by Crippen LogP contribution is 2.17. The summed E-state index contributed by atoms with van der Waals surface area (Å²) in [5, 5.41) is 13.6. The molecular formula is C26H28FN3O3. The quantitative estimate of drug-likeness (QED) is 0.577. The van der Waals surface area contributed by atoms with Crippen molar-refractivity contribution in [1.82, 2.24) is 15.2 Å². The molecule has 1 saturated heterocycles. The second kappa shape index (κ2) is 11.0. The lowest BCUT2D eigenvalue weighted by Crippen LogP contribution is -2.48. The number of amides is 1. The molecule has 1 amide bonds. The van der Waals surface area contributed by atoms with Crippen molar-refractivity contribution in [3.8, 4) is 5.75 Å². The van der Waals surface area contributed by atoms with Gasteiger partial charge >= 0.3 is 0 Å². The molecule has 0 bridgehead atoms. The van der Waals surface area contributed by atoms with Crippen molar-refractivity contribution >= 4 is 5.91 Å². The Labute approximate surface area is 193 Å². The van der Waals surface area contributed by atoms with Gasteiger partial charge in [0.05, 0.1) is 17.8 Å². The van der Waals surface area contributed by atoms with Gasteiger partial charge in [0.15, 0.2) is 0 Å². The van der Waals surface area contributed by atoms with Crippen molar-refractivity contribution in [2.75, 3.05) is 13.1 Å². The summed E-state index contributed by atoms with van der Waals surface area (Å²) in [6.45, 7) is 2.40. The van der Waals surface area contributed by atoms with Crippen molar-refractivity contribution in [3.63, 3.8) is 0 Å². The molecule has 2 atom stereocenters. The molecule has 1 fully saturated rings. The number of pyridine rings is 1. The minimum Gasteiger partial charge on any atom is -0.489 e. The molecule has 0 saturated carbocycles. The molecule has 4 rings (SSSR count). The Morgan fingerprint density at radius 1 is 1.12 bits per heavy atom. The first-order chi connectivity index (χ1) is 16.1. The number of aromatic nitrogens is 1. The lowest BCUT2D eigenvalue weighted by atomic mass is 10.1. The van der Waals surface area contributed by atoms with Gasteiger partial charge in [-0.05, 0) is 73.5 Å². The predicted octanol–water partition coefficient (Wildman–Crippen LogP) is 3.56. The van der Waals surface area contributed by atoms with Gasteiger partial charge in [0.25, 0.3) is 5.91 Å². The Bertz CT molecular complexity index is 1030. The lowest BCUT2D eigenvalue weighted by molar-refractivity contribution is 0.0797. The molecule has 6 nitrogen and oxygen atoms in total. The Morgan fingerprint density at radius 2 is 1.91 bits per heavy atom. The summed E-state index contributed by atoms with van der Waals surface area (Å²) in [5.41, 5.74) is 2.32. The monoisotopic (exact) mass is 449 g/mol. The van der Waals surface area contributed by atoms with E-state index in [0.29, 0.717) is 37.4 Å². The number of hydrogen-bond acceptors (Lipinski definition) is 5. The van der Waals surface area contributed by atoms with E-state index >= 15 is 0 Å². The minimum absolute atomic E-state index is 0.233. The van der Waals surface area contributed by atoms with Crippen molar-refractivity contribution in [1.29, 1.82) is 0 Å². The maximum absolute atomic E-state index is 13.0. The molecule has 33 heavy (non-hydrogen) atoms. The highest BCUT2D eigenvalue weighted by Gasteiger charge is 2.27. The molecule has 1 aliphatic heterocycles. The normalized spacial score (nSPS) is 19.0. The molecule has 0 aliphatic carbocycles. The third-order valence-electron chi connectivity index (χ3n) is 5.76. The van der Waals surface area contributed by atoms with Gasteiger partial charge in [0.2, 0.25) is 0 Å². The summed E-state index contributed by atoms with van der Waals surface area (Å²) in [4.78, 5) is 19.4. The van der Waals surface area contributed by atoms with Gasteiger partial charge < -0.3 is 15.2 Å². The van der Waals surface area contributed by atoms with E-state index in [1.165, 1.54) is 12.1 Å².